The van der Waals surface area contributed by atoms with Gasteiger partial charge in [0.05, 0.1) is 10.6 Å². The molecule has 0 radical (unpaired) electrons. The molecular formula is C14H12ClNO3. The molecule has 5 heteroatoms. The molecule has 2 aromatic rings. The Hall–Kier alpha value is -2.07. The lowest BCUT2D eigenvalue weighted by atomic mass is 10.1. The van der Waals surface area contributed by atoms with E-state index in [1.807, 2.05) is 0 Å². The Morgan fingerprint density at radius 1 is 1.42 bits per heavy atom. The molecule has 0 saturated heterocycles. The number of aromatic carboxylic acids is 1. The number of nitrogens with zero attached hydrogens (tertiary/aromatic N) is 1. The predicted octanol–water partition coefficient (Wildman–Crippen LogP) is 3.32. The number of aromatic nitrogens is 1. The highest BCUT2D eigenvalue weighted by molar-refractivity contribution is 6.31. The van der Waals surface area contributed by atoms with Gasteiger partial charge in [0.2, 0.25) is 0 Å². The Kier molecular flexibility index (Phi) is 4.02. The molecule has 0 aliphatic carbocycles. The minimum Gasteiger partial charge on any atom is -0.489 e. The van der Waals surface area contributed by atoms with E-state index < -0.39 is 5.97 Å². The number of benzene rings is 1. The number of carboxylic acids is 1. The lowest BCUT2D eigenvalue weighted by Crippen LogP contribution is -2.01. The second kappa shape index (κ2) is 5.71. The highest BCUT2D eigenvalue weighted by Gasteiger charge is 2.07. The largest absolute Gasteiger partial charge is 0.489 e. The van der Waals surface area contributed by atoms with E-state index in [4.69, 9.17) is 21.4 Å². The van der Waals surface area contributed by atoms with Crippen LogP contribution in [0.3, 0.4) is 0 Å². The lowest BCUT2D eigenvalue weighted by Gasteiger charge is -2.10. The van der Waals surface area contributed by atoms with Crippen molar-refractivity contribution in [3.05, 3.63) is 58.4 Å². The minimum absolute atomic E-state index is 0.242. The Balaban J connectivity index is 2.12. The standard InChI is InChI=1S/C14H12ClNO3/c1-9-6-10(14(17)18)2-3-13(9)19-8-11-4-5-16-7-12(11)15/h2-7H,8H2,1H3,(H,17,18). The first-order chi connectivity index (χ1) is 9.08. The van der Waals surface area contributed by atoms with Crippen LogP contribution >= 0.6 is 11.6 Å². The molecule has 0 saturated carbocycles. The number of pyridine rings is 1. The van der Waals surface area contributed by atoms with Crippen LogP contribution in [0.25, 0.3) is 0 Å². The maximum absolute atomic E-state index is 10.8. The van der Waals surface area contributed by atoms with Crippen molar-refractivity contribution in [1.29, 1.82) is 0 Å². The van der Waals surface area contributed by atoms with Crippen molar-refractivity contribution in [3.63, 3.8) is 0 Å². The van der Waals surface area contributed by atoms with E-state index in [0.29, 0.717) is 17.4 Å². The first-order valence-electron chi connectivity index (χ1n) is 5.63. The maximum atomic E-state index is 10.8. The molecule has 0 aliphatic rings. The Bertz CT molecular complexity index is 613. The monoisotopic (exact) mass is 277 g/mol. The fourth-order valence-corrected chi connectivity index (χ4v) is 1.79. The van der Waals surface area contributed by atoms with Crippen molar-refractivity contribution in [3.8, 4) is 5.75 Å². The molecule has 0 unspecified atom stereocenters. The van der Waals surface area contributed by atoms with Crippen molar-refractivity contribution in [2.75, 3.05) is 0 Å². The van der Waals surface area contributed by atoms with E-state index in [2.05, 4.69) is 4.98 Å². The van der Waals surface area contributed by atoms with Crippen molar-refractivity contribution < 1.29 is 14.6 Å². The van der Waals surface area contributed by atoms with Gasteiger partial charge in [-0.15, -0.1) is 0 Å². The van der Waals surface area contributed by atoms with Gasteiger partial charge < -0.3 is 9.84 Å². The van der Waals surface area contributed by atoms with Gasteiger partial charge in [-0.3, -0.25) is 4.98 Å². The van der Waals surface area contributed by atoms with Crippen LogP contribution in [0.4, 0.5) is 0 Å². The quantitative estimate of drug-likeness (QED) is 0.931. The third-order valence-electron chi connectivity index (χ3n) is 2.66. The van der Waals surface area contributed by atoms with Crippen molar-refractivity contribution in [2.24, 2.45) is 0 Å². The highest BCUT2D eigenvalue weighted by Crippen LogP contribution is 2.22. The Labute approximate surface area is 115 Å². The summed E-state index contributed by atoms with van der Waals surface area (Å²) in [6, 6.07) is 6.52. The summed E-state index contributed by atoms with van der Waals surface area (Å²) in [5.74, 6) is -0.315. The molecule has 1 aromatic carbocycles. The van der Waals surface area contributed by atoms with Crippen LogP contribution in [0.15, 0.2) is 36.7 Å². The van der Waals surface area contributed by atoms with Crippen LogP contribution < -0.4 is 4.74 Å². The topological polar surface area (TPSA) is 59.4 Å². The molecule has 98 valence electrons. The number of hydrogen-bond acceptors (Lipinski definition) is 3. The van der Waals surface area contributed by atoms with Gasteiger partial charge in [0.25, 0.3) is 0 Å². The van der Waals surface area contributed by atoms with Crippen LogP contribution in [0.2, 0.25) is 5.02 Å². The molecule has 2 rings (SSSR count). The third kappa shape index (κ3) is 3.23. The van der Waals surface area contributed by atoms with Gasteiger partial charge in [-0.25, -0.2) is 4.79 Å². The number of halogens is 1. The first-order valence-corrected chi connectivity index (χ1v) is 6.01. The average Bonchev–Trinajstić information content (AvgIpc) is 2.39. The smallest absolute Gasteiger partial charge is 0.335 e. The summed E-state index contributed by atoms with van der Waals surface area (Å²) >= 11 is 5.98. The molecule has 1 aromatic heterocycles. The van der Waals surface area contributed by atoms with Gasteiger partial charge in [0, 0.05) is 18.0 Å². The summed E-state index contributed by atoms with van der Waals surface area (Å²) in [5, 5.41) is 9.42. The zero-order valence-corrected chi connectivity index (χ0v) is 11.0. The van der Waals surface area contributed by atoms with Gasteiger partial charge in [-0.1, -0.05) is 11.6 Å². The second-order valence-corrected chi connectivity index (χ2v) is 4.45. The maximum Gasteiger partial charge on any atom is 0.335 e. The molecule has 0 aliphatic heterocycles. The van der Waals surface area contributed by atoms with E-state index in [-0.39, 0.29) is 5.56 Å². The number of ether oxygens (including phenoxy) is 1. The molecule has 0 amide bonds. The number of rotatable bonds is 4. The van der Waals surface area contributed by atoms with Crippen LogP contribution in [0.1, 0.15) is 21.5 Å². The Morgan fingerprint density at radius 3 is 2.84 bits per heavy atom. The number of carbonyl (C=O) groups is 1. The van der Waals surface area contributed by atoms with E-state index in [1.165, 1.54) is 6.07 Å². The average molecular weight is 278 g/mol. The minimum atomic E-state index is -0.952. The normalized spacial score (nSPS) is 10.2. The third-order valence-corrected chi connectivity index (χ3v) is 3.00. The Morgan fingerprint density at radius 2 is 2.21 bits per heavy atom. The fraction of sp³-hybridized carbons (Fsp3) is 0.143. The van der Waals surface area contributed by atoms with Gasteiger partial charge in [0.1, 0.15) is 12.4 Å². The SMILES string of the molecule is Cc1cc(C(=O)O)ccc1OCc1ccncc1Cl. The molecule has 0 atom stereocenters. The van der Waals surface area contributed by atoms with Gasteiger partial charge in [0.15, 0.2) is 0 Å². The van der Waals surface area contributed by atoms with Gasteiger partial charge in [-0.05, 0) is 36.8 Å². The zero-order chi connectivity index (χ0) is 13.8. The lowest BCUT2D eigenvalue weighted by molar-refractivity contribution is 0.0696. The van der Waals surface area contributed by atoms with Crippen LogP contribution in [0, 0.1) is 6.92 Å². The first kappa shape index (κ1) is 13.4. The number of carboxylic acid groups (broad SMARTS) is 1. The molecule has 0 spiro atoms. The fourth-order valence-electron chi connectivity index (χ4n) is 1.62. The summed E-state index contributed by atoms with van der Waals surface area (Å²) < 4.78 is 5.63. The second-order valence-electron chi connectivity index (χ2n) is 4.04. The van der Waals surface area contributed by atoms with Crippen LogP contribution in [-0.2, 0) is 6.61 Å². The summed E-state index contributed by atoms with van der Waals surface area (Å²) in [6.45, 7) is 2.12. The molecule has 4 nitrogen and oxygen atoms in total. The number of aryl methyl sites for hydroxylation is 1. The predicted molar refractivity (Wildman–Crippen MR) is 71.7 cm³/mol. The van der Waals surface area contributed by atoms with Crippen LogP contribution in [0.5, 0.6) is 5.75 Å². The number of hydrogen-bond donors (Lipinski definition) is 1. The molecule has 1 heterocycles. The highest BCUT2D eigenvalue weighted by atomic mass is 35.5. The van der Waals surface area contributed by atoms with E-state index in [9.17, 15) is 4.79 Å². The summed E-state index contributed by atoms with van der Waals surface area (Å²) in [7, 11) is 0. The zero-order valence-electron chi connectivity index (χ0n) is 10.3. The van der Waals surface area contributed by atoms with E-state index >= 15 is 0 Å². The molecular weight excluding hydrogens is 266 g/mol. The van der Waals surface area contributed by atoms with Crippen molar-refractivity contribution in [1.82, 2.24) is 4.98 Å². The van der Waals surface area contributed by atoms with Gasteiger partial charge in [-0.2, -0.15) is 0 Å². The summed E-state index contributed by atoms with van der Waals surface area (Å²) in [5.41, 5.74) is 1.84. The van der Waals surface area contributed by atoms with E-state index in [0.717, 1.165) is 11.1 Å². The van der Waals surface area contributed by atoms with Crippen molar-refractivity contribution in [2.45, 2.75) is 13.5 Å². The van der Waals surface area contributed by atoms with Crippen LogP contribution in [-0.4, -0.2) is 16.1 Å². The molecule has 19 heavy (non-hydrogen) atoms. The molecule has 1 N–H and O–H groups in total. The summed E-state index contributed by atoms with van der Waals surface area (Å²) in [4.78, 5) is 14.7. The van der Waals surface area contributed by atoms with Gasteiger partial charge >= 0.3 is 5.97 Å². The summed E-state index contributed by atoms with van der Waals surface area (Å²) in [6.07, 6.45) is 3.20. The molecule has 0 bridgehead atoms. The van der Waals surface area contributed by atoms with E-state index in [1.54, 1.807) is 37.5 Å². The molecule has 0 fully saturated rings. The van der Waals surface area contributed by atoms with Crippen molar-refractivity contribution >= 4 is 17.6 Å².